The van der Waals surface area contributed by atoms with Crippen molar-refractivity contribution in [2.75, 3.05) is 26.3 Å². The number of aromatic nitrogens is 1. The summed E-state index contributed by atoms with van der Waals surface area (Å²) in [5.74, 6) is -0.688. The van der Waals surface area contributed by atoms with Gasteiger partial charge in [0, 0.05) is 37.9 Å². The van der Waals surface area contributed by atoms with Crippen molar-refractivity contribution >= 4 is 17.7 Å². The van der Waals surface area contributed by atoms with E-state index in [-0.39, 0.29) is 30.9 Å². The molecule has 1 unspecified atom stereocenters. The molecule has 0 N–H and O–H groups in total. The Labute approximate surface area is 160 Å². The Balaban J connectivity index is 2.25. The van der Waals surface area contributed by atoms with Crippen molar-refractivity contribution in [1.29, 1.82) is 0 Å². The summed E-state index contributed by atoms with van der Waals surface area (Å²) >= 11 is 0. The summed E-state index contributed by atoms with van der Waals surface area (Å²) in [5, 5.41) is 0. The third-order valence-corrected chi connectivity index (χ3v) is 5.12. The average Bonchev–Trinajstić information content (AvgIpc) is 3.20. The van der Waals surface area contributed by atoms with Crippen LogP contribution in [0.5, 0.6) is 0 Å². The fourth-order valence-electron chi connectivity index (χ4n) is 3.64. The van der Waals surface area contributed by atoms with Crippen molar-refractivity contribution in [1.82, 2.24) is 9.47 Å². The zero-order chi connectivity index (χ0) is 20.1. The van der Waals surface area contributed by atoms with Crippen molar-refractivity contribution in [3.05, 3.63) is 22.5 Å². The molecule has 1 amide bonds. The SMILES string of the molecule is CCOC(=O)c1c(C)c(C(=O)CN(CC2CCCO2)C(=O)CC)c(C)n1C. The second-order valence-electron chi connectivity index (χ2n) is 6.90. The second kappa shape index (κ2) is 9.17. The van der Waals surface area contributed by atoms with Gasteiger partial charge in [0.2, 0.25) is 5.91 Å². The molecule has 7 heteroatoms. The van der Waals surface area contributed by atoms with Crippen LogP contribution in [-0.4, -0.2) is 59.5 Å². The van der Waals surface area contributed by atoms with Gasteiger partial charge in [-0.1, -0.05) is 6.92 Å². The number of carbonyl (C=O) groups is 3. The van der Waals surface area contributed by atoms with E-state index in [1.54, 1.807) is 44.2 Å². The third kappa shape index (κ3) is 4.58. The number of carbonyl (C=O) groups excluding carboxylic acids is 3. The van der Waals surface area contributed by atoms with Gasteiger partial charge >= 0.3 is 5.97 Å². The maximum atomic E-state index is 13.0. The molecule has 0 radical (unpaired) electrons. The summed E-state index contributed by atoms with van der Waals surface area (Å²) in [5.41, 5.74) is 2.16. The Hall–Kier alpha value is -2.15. The molecule has 1 fully saturated rings. The number of ether oxygens (including phenoxy) is 2. The number of hydrogen-bond acceptors (Lipinski definition) is 5. The number of nitrogens with zero attached hydrogens (tertiary/aromatic N) is 2. The van der Waals surface area contributed by atoms with Crippen LogP contribution in [-0.2, 0) is 21.3 Å². The molecule has 1 atom stereocenters. The number of rotatable bonds is 8. The van der Waals surface area contributed by atoms with Gasteiger partial charge in [0.1, 0.15) is 5.69 Å². The minimum absolute atomic E-state index is 0.0126. The summed E-state index contributed by atoms with van der Waals surface area (Å²) in [4.78, 5) is 39.2. The van der Waals surface area contributed by atoms with Gasteiger partial charge in [0.25, 0.3) is 0 Å². The van der Waals surface area contributed by atoms with Gasteiger partial charge in [-0.05, 0) is 39.2 Å². The summed E-state index contributed by atoms with van der Waals surface area (Å²) in [6, 6.07) is 0. The Morgan fingerprint density at radius 3 is 2.52 bits per heavy atom. The Bertz CT molecular complexity index is 716. The largest absolute Gasteiger partial charge is 0.461 e. The van der Waals surface area contributed by atoms with Gasteiger partial charge in [0.15, 0.2) is 5.78 Å². The fraction of sp³-hybridized carbons (Fsp3) is 0.650. The molecule has 1 aromatic heterocycles. The first kappa shape index (κ1) is 21.2. The highest BCUT2D eigenvalue weighted by atomic mass is 16.5. The Morgan fingerprint density at radius 2 is 1.96 bits per heavy atom. The minimum atomic E-state index is -0.444. The molecule has 0 saturated carbocycles. The van der Waals surface area contributed by atoms with Crippen molar-refractivity contribution in [2.45, 2.75) is 53.1 Å². The lowest BCUT2D eigenvalue weighted by Crippen LogP contribution is -2.40. The lowest BCUT2D eigenvalue weighted by Gasteiger charge is -2.24. The summed E-state index contributed by atoms with van der Waals surface area (Å²) in [6.07, 6.45) is 2.20. The molecular weight excluding hydrogens is 348 g/mol. The number of ketones is 1. The standard InChI is InChI=1S/C20H30N2O5/c1-6-17(24)22(11-15-9-8-10-27-15)12-16(23)18-13(3)19(20(25)26-7-2)21(5)14(18)4/h15H,6-12H2,1-5H3. The van der Waals surface area contributed by atoms with Crippen LogP contribution in [0.1, 0.15) is 65.2 Å². The Kier molecular flexibility index (Phi) is 7.18. The van der Waals surface area contributed by atoms with Crippen LogP contribution in [0.15, 0.2) is 0 Å². The molecular formula is C20H30N2O5. The molecule has 27 heavy (non-hydrogen) atoms. The average molecular weight is 378 g/mol. The summed E-state index contributed by atoms with van der Waals surface area (Å²) in [6.45, 7) is 8.46. The molecule has 0 aliphatic carbocycles. The molecule has 0 aromatic carbocycles. The molecule has 1 saturated heterocycles. The molecule has 0 bridgehead atoms. The maximum Gasteiger partial charge on any atom is 0.355 e. The first-order valence-electron chi connectivity index (χ1n) is 9.57. The molecule has 150 valence electrons. The van der Waals surface area contributed by atoms with Crippen molar-refractivity contribution < 1.29 is 23.9 Å². The number of esters is 1. The topological polar surface area (TPSA) is 77.8 Å². The van der Waals surface area contributed by atoms with Gasteiger partial charge in [0.05, 0.1) is 19.3 Å². The highest BCUT2D eigenvalue weighted by Crippen LogP contribution is 2.23. The van der Waals surface area contributed by atoms with Crippen LogP contribution >= 0.6 is 0 Å². The van der Waals surface area contributed by atoms with Crippen LogP contribution in [0.25, 0.3) is 0 Å². The van der Waals surface area contributed by atoms with E-state index in [4.69, 9.17) is 9.47 Å². The fourth-order valence-corrected chi connectivity index (χ4v) is 3.64. The minimum Gasteiger partial charge on any atom is -0.461 e. The van der Waals surface area contributed by atoms with Gasteiger partial charge in [-0.15, -0.1) is 0 Å². The normalized spacial score (nSPS) is 16.4. The molecule has 1 aliphatic rings. The first-order chi connectivity index (χ1) is 12.8. The van der Waals surface area contributed by atoms with E-state index in [2.05, 4.69) is 0 Å². The van der Waals surface area contributed by atoms with Crippen LogP contribution in [0.3, 0.4) is 0 Å². The quantitative estimate of drug-likeness (QED) is 0.513. The zero-order valence-corrected chi connectivity index (χ0v) is 17.0. The second-order valence-corrected chi connectivity index (χ2v) is 6.90. The van der Waals surface area contributed by atoms with Gasteiger partial charge in [-0.25, -0.2) is 4.79 Å². The number of Topliss-reactive ketones (excluding diaryl/α,β-unsaturated/α-hetero) is 1. The van der Waals surface area contributed by atoms with E-state index in [1.165, 1.54) is 0 Å². The lowest BCUT2D eigenvalue weighted by molar-refractivity contribution is -0.131. The predicted octanol–water partition coefficient (Wildman–Crippen LogP) is 2.42. The van der Waals surface area contributed by atoms with Gasteiger partial charge in [-0.3, -0.25) is 9.59 Å². The van der Waals surface area contributed by atoms with Crippen LogP contribution in [0.2, 0.25) is 0 Å². The van der Waals surface area contributed by atoms with Crippen LogP contribution < -0.4 is 0 Å². The van der Waals surface area contributed by atoms with E-state index in [0.717, 1.165) is 12.8 Å². The monoisotopic (exact) mass is 378 g/mol. The van der Waals surface area contributed by atoms with E-state index in [1.807, 2.05) is 0 Å². The van der Waals surface area contributed by atoms with E-state index < -0.39 is 5.97 Å². The van der Waals surface area contributed by atoms with Crippen LogP contribution in [0.4, 0.5) is 0 Å². The highest BCUT2D eigenvalue weighted by Gasteiger charge is 2.29. The van der Waals surface area contributed by atoms with Gasteiger partial charge in [-0.2, -0.15) is 0 Å². The van der Waals surface area contributed by atoms with E-state index in [9.17, 15) is 14.4 Å². The smallest absolute Gasteiger partial charge is 0.355 e. The zero-order valence-electron chi connectivity index (χ0n) is 17.0. The molecule has 7 nitrogen and oxygen atoms in total. The van der Waals surface area contributed by atoms with E-state index >= 15 is 0 Å². The molecule has 1 aliphatic heterocycles. The number of hydrogen-bond donors (Lipinski definition) is 0. The molecule has 2 heterocycles. The number of amides is 1. The van der Waals surface area contributed by atoms with Gasteiger partial charge < -0.3 is 18.9 Å². The Morgan fingerprint density at radius 1 is 1.26 bits per heavy atom. The molecule has 2 rings (SSSR count). The van der Waals surface area contributed by atoms with Crippen molar-refractivity contribution in [3.63, 3.8) is 0 Å². The highest BCUT2D eigenvalue weighted by molar-refractivity contribution is 6.04. The summed E-state index contributed by atoms with van der Waals surface area (Å²) in [7, 11) is 1.74. The van der Waals surface area contributed by atoms with Crippen molar-refractivity contribution in [2.24, 2.45) is 7.05 Å². The third-order valence-electron chi connectivity index (χ3n) is 5.12. The van der Waals surface area contributed by atoms with E-state index in [0.29, 0.717) is 42.1 Å². The maximum absolute atomic E-state index is 13.0. The summed E-state index contributed by atoms with van der Waals surface area (Å²) < 4.78 is 12.4. The molecule has 0 spiro atoms. The first-order valence-corrected chi connectivity index (χ1v) is 9.57. The lowest BCUT2D eigenvalue weighted by atomic mass is 10.0. The predicted molar refractivity (Wildman–Crippen MR) is 101 cm³/mol. The van der Waals surface area contributed by atoms with Crippen LogP contribution in [0, 0.1) is 13.8 Å². The molecule has 1 aromatic rings. The van der Waals surface area contributed by atoms with Crippen molar-refractivity contribution in [3.8, 4) is 0 Å².